The van der Waals surface area contributed by atoms with E-state index < -0.39 is 6.36 Å². The standard InChI is InChI=1S/C17H21F3N4O2/c1-4-24(2)15-11-14(22-16(23-15)25-3)21-10-9-12-5-7-13(8-6-12)26-17(18,19)20/h5-8,11H,4,9-10H2,1-3H3,(H,21,22,23). The van der Waals surface area contributed by atoms with Gasteiger partial charge in [0, 0.05) is 26.2 Å². The van der Waals surface area contributed by atoms with Gasteiger partial charge in [-0.25, -0.2) is 0 Å². The van der Waals surface area contributed by atoms with Crippen molar-refractivity contribution in [1.82, 2.24) is 9.97 Å². The molecule has 9 heteroatoms. The van der Waals surface area contributed by atoms with Crippen molar-refractivity contribution in [3.05, 3.63) is 35.9 Å². The van der Waals surface area contributed by atoms with Gasteiger partial charge in [0.1, 0.15) is 17.4 Å². The highest BCUT2D eigenvalue weighted by atomic mass is 19.4. The summed E-state index contributed by atoms with van der Waals surface area (Å²) in [4.78, 5) is 10.5. The van der Waals surface area contributed by atoms with Crippen LogP contribution in [-0.2, 0) is 6.42 Å². The zero-order valence-electron chi connectivity index (χ0n) is 14.8. The van der Waals surface area contributed by atoms with Crippen LogP contribution in [0.4, 0.5) is 24.8 Å². The van der Waals surface area contributed by atoms with E-state index in [-0.39, 0.29) is 11.8 Å². The van der Waals surface area contributed by atoms with Gasteiger partial charge in [-0.05, 0) is 31.0 Å². The molecule has 1 heterocycles. The van der Waals surface area contributed by atoms with Crippen LogP contribution >= 0.6 is 0 Å². The smallest absolute Gasteiger partial charge is 0.467 e. The number of alkyl halides is 3. The second-order valence-corrected chi connectivity index (χ2v) is 5.48. The van der Waals surface area contributed by atoms with Gasteiger partial charge in [0.25, 0.3) is 0 Å². The Kier molecular flexibility index (Phi) is 6.48. The molecular weight excluding hydrogens is 349 g/mol. The lowest BCUT2D eigenvalue weighted by Gasteiger charge is -2.17. The summed E-state index contributed by atoms with van der Waals surface area (Å²) in [5, 5.41) is 3.17. The summed E-state index contributed by atoms with van der Waals surface area (Å²) in [6.45, 7) is 3.34. The van der Waals surface area contributed by atoms with Gasteiger partial charge in [-0.1, -0.05) is 12.1 Å². The molecule has 0 aliphatic carbocycles. The quantitative estimate of drug-likeness (QED) is 0.768. The van der Waals surface area contributed by atoms with Crippen LogP contribution in [0.3, 0.4) is 0 Å². The van der Waals surface area contributed by atoms with Crippen LogP contribution < -0.4 is 19.7 Å². The highest BCUT2D eigenvalue weighted by Gasteiger charge is 2.30. The molecule has 6 nitrogen and oxygen atoms in total. The van der Waals surface area contributed by atoms with Crippen molar-refractivity contribution in [1.29, 1.82) is 0 Å². The van der Waals surface area contributed by atoms with Crippen molar-refractivity contribution in [3.8, 4) is 11.8 Å². The van der Waals surface area contributed by atoms with Gasteiger partial charge in [-0.15, -0.1) is 13.2 Å². The molecular formula is C17H21F3N4O2. The number of benzene rings is 1. The van der Waals surface area contributed by atoms with Gasteiger partial charge >= 0.3 is 12.4 Å². The Bertz CT molecular complexity index is 708. The van der Waals surface area contributed by atoms with E-state index in [9.17, 15) is 13.2 Å². The monoisotopic (exact) mass is 370 g/mol. The Labute approximate surface area is 150 Å². The second kappa shape index (κ2) is 8.59. The minimum Gasteiger partial charge on any atom is -0.467 e. The van der Waals surface area contributed by atoms with Gasteiger partial charge in [0.15, 0.2) is 0 Å². The van der Waals surface area contributed by atoms with Crippen LogP contribution in [0.25, 0.3) is 0 Å². The summed E-state index contributed by atoms with van der Waals surface area (Å²) in [7, 11) is 3.41. The average molecular weight is 370 g/mol. The van der Waals surface area contributed by atoms with Crippen LogP contribution in [0.2, 0.25) is 0 Å². The first-order valence-corrected chi connectivity index (χ1v) is 8.03. The molecule has 1 N–H and O–H groups in total. The van der Waals surface area contributed by atoms with Gasteiger partial charge in [-0.3, -0.25) is 0 Å². The first kappa shape index (κ1) is 19.6. The van der Waals surface area contributed by atoms with E-state index >= 15 is 0 Å². The highest BCUT2D eigenvalue weighted by molar-refractivity contribution is 5.50. The lowest BCUT2D eigenvalue weighted by Crippen LogP contribution is -2.18. The molecule has 142 valence electrons. The molecule has 0 saturated carbocycles. The van der Waals surface area contributed by atoms with E-state index in [4.69, 9.17) is 4.74 Å². The fraction of sp³-hybridized carbons (Fsp3) is 0.412. The average Bonchev–Trinajstić information content (AvgIpc) is 2.61. The van der Waals surface area contributed by atoms with E-state index in [0.717, 1.165) is 17.9 Å². The molecule has 0 bridgehead atoms. The molecule has 0 aliphatic heterocycles. The van der Waals surface area contributed by atoms with E-state index in [0.29, 0.717) is 18.8 Å². The fourth-order valence-corrected chi connectivity index (χ4v) is 2.14. The molecule has 1 aromatic heterocycles. The van der Waals surface area contributed by atoms with Crippen LogP contribution in [0.15, 0.2) is 30.3 Å². The predicted molar refractivity (Wildman–Crippen MR) is 92.8 cm³/mol. The van der Waals surface area contributed by atoms with Crippen molar-refractivity contribution in [2.75, 3.05) is 37.5 Å². The Morgan fingerprint density at radius 2 is 1.85 bits per heavy atom. The summed E-state index contributed by atoms with van der Waals surface area (Å²) in [5.41, 5.74) is 0.874. The maximum absolute atomic E-state index is 12.2. The maximum Gasteiger partial charge on any atom is 0.573 e. The number of halogens is 3. The largest absolute Gasteiger partial charge is 0.573 e. The SMILES string of the molecule is CCN(C)c1cc(NCCc2ccc(OC(F)(F)F)cc2)nc(OC)n1. The number of nitrogens with one attached hydrogen (secondary N) is 1. The Morgan fingerprint density at radius 1 is 1.15 bits per heavy atom. The van der Waals surface area contributed by atoms with Crippen LogP contribution in [0.1, 0.15) is 12.5 Å². The maximum atomic E-state index is 12.2. The Balaban J connectivity index is 1.95. The molecule has 0 saturated heterocycles. The highest BCUT2D eigenvalue weighted by Crippen LogP contribution is 2.23. The number of rotatable bonds is 8. The first-order chi connectivity index (χ1) is 12.3. The molecule has 2 aromatic rings. The number of ether oxygens (including phenoxy) is 2. The first-order valence-electron chi connectivity index (χ1n) is 8.03. The lowest BCUT2D eigenvalue weighted by atomic mass is 10.1. The number of aromatic nitrogens is 2. The van der Waals surface area contributed by atoms with Gasteiger partial charge in [0.05, 0.1) is 7.11 Å². The molecule has 0 spiro atoms. The van der Waals surface area contributed by atoms with E-state index in [1.54, 1.807) is 12.1 Å². The third-order valence-electron chi connectivity index (χ3n) is 3.62. The Morgan fingerprint density at radius 3 is 2.42 bits per heavy atom. The van der Waals surface area contributed by atoms with E-state index in [2.05, 4.69) is 20.0 Å². The summed E-state index contributed by atoms with van der Waals surface area (Å²) >= 11 is 0. The number of anilines is 2. The van der Waals surface area contributed by atoms with Gasteiger partial charge < -0.3 is 19.7 Å². The normalized spacial score (nSPS) is 11.2. The molecule has 0 radical (unpaired) electrons. The zero-order chi connectivity index (χ0) is 19.2. The second-order valence-electron chi connectivity index (χ2n) is 5.48. The van der Waals surface area contributed by atoms with E-state index in [1.807, 2.05) is 24.9 Å². The lowest BCUT2D eigenvalue weighted by molar-refractivity contribution is -0.274. The summed E-state index contributed by atoms with van der Waals surface area (Å²) in [5.74, 6) is 1.11. The Hall–Kier alpha value is -2.71. The van der Waals surface area contributed by atoms with Crippen molar-refractivity contribution in [2.45, 2.75) is 19.7 Å². The van der Waals surface area contributed by atoms with Gasteiger partial charge in [-0.2, -0.15) is 9.97 Å². The molecule has 0 amide bonds. The van der Waals surface area contributed by atoms with Gasteiger partial charge in [0.2, 0.25) is 0 Å². The summed E-state index contributed by atoms with van der Waals surface area (Å²) in [6, 6.07) is 7.86. The molecule has 0 fully saturated rings. The molecule has 2 rings (SSSR count). The summed E-state index contributed by atoms with van der Waals surface area (Å²) < 4.78 is 45.4. The summed E-state index contributed by atoms with van der Waals surface area (Å²) in [6.07, 6.45) is -4.07. The van der Waals surface area contributed by atoms with E-state index in [1.165, 1.54) is 19.2 Å². The zero-order valence-corrected chi connectivity index (χ0v) is 14.8. The number of hydrogen-bond donors (Lipinski definition) is 1. The number of hydrogen-bond acceptors (Lipinski definition) is 6. The number of nitrogens with zero attached hydrogens (tertiary/aromatic N) is 3. The third-order valence-corrected chi connectivity index (χ3v) is 3.62. The predicted octanol–water partition coefficient (Wildman–Crippen LogP) is 3.49. The van der Waals surface area contributed by atoms with Crippen LogP contribution in [-0.4, -0.2) is 43.6 Å². The van der Waals surface area contributed by atoms with Crippen LogP contribution in [0, 0.1) is 0 Å². The van der Waals surface area contributed by atoms with Crippen molar-refractivity contribution >= 4 is 11.6 Å². The molecule has 1 aromatic carbocycles. The molecule has 0 aliphatic rings. The van der Waals surface area contributed by atoms with Crippen molar-refractivity contribution in [2.24, 2.45) is 0 Å². The molecule has 0 unspecified atom stereocenters. The van der Waals surface area contributed by atoms with Crippen LogP contribution in [0.5, 0.6) is 11.8 Å². The molecule has 26 heavy (non-hydrogen) atoms. The van der Waals surface area contributed by atoms with Crippen molar-refractivity contribution < 1.29 is 22.6 Å². The fourth-order valence-electron chi connectivity index (χ4n) is 2.14. The topological polar surface area (TPSA) is 59.5 Å². The number of methoxy groups -OCH3 is 1. The third kappa shape index (κ3) is 5.98. The van der Waals surface area contributed by atoms with Crippen molar-refractivity contribution in [3.63, 3.8) is 0 Å². The minimum absolute atomic E-state index is 0.234. The minimum atomic E-state index is -4.68. The molecule has 0 atom stereocenters.